The van der Waals surface area contributed by atoms with Gasteiger partial charge in [0.25, 0.3) is 0 Å². The van der Waals surface area contributed by atoms with Gasteiger partial charge in [-0.15, -0.1) is 6.58 Å². The van der Waals surface area contributed by atoms with Crippen molar-refractivity contribution in [2.75, 3.05) is 0 Å². The molecule has 33 heavy (non-hydrogen) atoms. The molecule has 3 aromatic carbocycles. The molecular formula is C33H38. The van der Waals surface area contributed by atoms with E-state index in [0.29, 0.717) is 0 Å². The third-order valence-electron chi connectivity index (χ3n) is 6.70. The van der Waals surface area contributed by atoms with Crippen molar-refractivity contribution in [3.8, 4) is 11.1 Å². The van der Waals surface area contributed by atoms with Crippen LogP contribution >= 0.6 is 0 Å². The van der Waals surface area contributed by atoms with Crippen LogP contribution in [0.15, 0.2) is 90.5 Å². The molecule has 0 aliphatic carbocycles. The van der Waals surface area contributed by atoms with Gasteiger partial charge in [-0.1, -0.05) is 78.9 Å². The van der Waals surface area contributed by atoms with Crippen molar-refractivity contribution in [3.63, 3.8) is 0 Å². The lowest BCUT2D eigenvalue weighted by atomic mass is 9.91. The maximum absolute atomic E-state index is 3.90. The van der Waals surface area contributed by atoms with E-state index in [1.54, 1.807) is 0 Å². The first kappa shape index (κ1) is 24.5. The van der Waals surface area contributed by atoms with E-state index in [-0.39, 0.29) is 0 Å². The first-order chi connectivity index (χ1) is 15.9. The van der Waals surface area contributed by atoms with Gasteiger partial charge in [0.05, 0.1) is 0 Å². The molecule has 0 heteroatoms. The van der Waals surface area contributed by atoms with Crippen molar-refractivity contribution in [2.45, 2.75) is 60.3 Å². The van der Waals surface area contributed by atoms with Crippen LogP contribution in [-0.4, -0.2) is 0 Å². The van der Waals surface area contributed by atoms with Gasteiger partial charge in [0.2, 0.25) is 0 Å². The second-order valence-corrected chi connectivity index (χ2v) is 9.12. The Morgan fingerprint density at radius 1 is 0.848 bits per heavy atom. The molecule has 0 radical (unpaired) electrons. The van der Waals surface area contributed by atoms with Crippen molar-refractivity contribution in [1.82, 2.24) is 0 Å². The molecule has 0 atom stereocenters. The van der Waals surface area contributed by atoms with Crippen LogP contribution in [0.3, 0.4) is 0 Å². The molecule has 0 amide bonds. The van der Waals surface area contributed by atoms with Crippen molar-refractivity contribution in [3.05, 3.63) is 124 Å². The summed E-state index contributed by atoms with van der Waals surface area (Å²) in [6.45, 7) is 14.9. The van der Waals surface area contributed by atoms with E-state index in [2.05, 4.69) is 114 Å². The molecule has 0 aromatic heterocycles. The van der Waals surface area contributed by atoms with E-state index in [0.717, 1.165) is 25.7 Å². The van der Waals surface area contributed by atoms with E-state index in [1.807, 2.05) is 6.08 Å². The summed E-state index contributed by atoms with van der Waals surface area (Å²) in [5.41, 5.74) is 13.6. The van der Waals surface area contributed by atoms with Crippen molar-refractivity contribution in [2.24, 2.45) is 0 Å². The molecule has 3 rings (SSSR count). The minimum absolute atomic E-state index is 1.01. The maximum Gasteiger partial charge on any atom is -0.0149 e. The minimum Gasteiger partial charge on any atom is -0.103 e. The molecule has 0 N–H and O–H groups in total. The fourth-order valence-electron chi connectivity index (χ4n) is 4.38. The third-order valence-corrected chi connectivity index (χ3v) is 6.70. The molecule has 170 valence electrons. The average Bonchev–Trinajstić information content (AvgIpc) is 2.82. The predicted octanol–water partition coefficient (Wildman–Crippen LogP) is 9.38. The first-order valence-electron chi connectivity index (χ1n) is 12.1. The molecule has 0 spiro atoms. The lowest BCUT2D eigenvalue weighted by Gasteiger charge is -2.14. The predicted molar refractivity (Wildman–Crippen MR) is 147 cm³/mol. The van der Waals surface area contributed by atoms with Gasteiger partial charge in [0.1, 0.15) is 0 Å². The van der Waals surface area contributed by atoms with Gasteiger partial charge >= 0.3 is 0 Å². The van der Waals surface area contributed by atoms with Crippen molar-refractivity contribution < 1.29 is 0 Å². The number of aryl methyl sites for hydroxylation is 5. The summed E-state index contributed by atoms with van der Waals surface area (Å²) in [6, 6.07) is 22.5. The summed E-state index contributed by atoms with van der Waals surface area (Å²) >= 11 is 0. The Morgan fingerprint density at radius 3 is 2.21 bits per heavy atom. The molecule has 0 aliphatic rings. The Bertz CT molecular complexity index is 1150. The maximum atomic E-state index is 3.90. The highest BCUT2D eigenvalue weighted by Crippen LogP contribution is 2.29. The van der Waals surface area contributed by atoms with Crippen LogP contribution in [0.5, 0.6) is 0 Å². The number of rotatable bonds is 9. The highest BCUT2D eigenvalue weighted by Gasteiger charge is 2.09. The summed E-state index contributed by atoms with van der Waals surface area (Å²) in [7, 11) is 0. The molecule has 0 fully saturated rings. The van der Waals surface area contributed by atoms with Crippen LogP contribution in [0.4, 0.5) is 0 Å². The molecule has 0 saturated carbocycles. The van der Waals surface area contributed by atoms with Crippen LogP contribution in [0, 0.1) is 20.8 Å². The standard InChI is InChI=1S/C33H38/c1-7-9-13-32-21-25(4)26(5)23-33(32)30-19-16-28(17-20-30)15-18-29(8-2)27(6)22-31-14-11-10-12-24(31)3/h7-8,10-12,14,16-17,19-23H,1,9,13,15,18H2,2-6H3. The Balaban J connectivity index is 1.74. The number of benzene rings is 3. The number of hydrogen-bond acceptors (Lipinski definition) is 0. The molecular weight excluding hydrogens is 396 g/mol. The second kappa shape index (κ2) is 11.7. The Kier molecular flexibility index (Phi) is 8.66. The van der Waals surface area contributed by atoms with Crippen LogP contribution in [0.25, 0.3) is 17.2 Å². The van der Waals surface area contributed by atoms with Crippen molar-refractivity contribution >= 4 is 6.08 Å². The molecule has 0 unspecified atom stereocenters. The van der Waals surface area contributed by atoms with Crippen molar-refractivity contribution in [1.29, 1.82) is 0 Å². The Morgan fingerprint density at radius 2 is 1.55 bits per heavy atom. The molecule has 0 aliphatic heterocycles. The van der Waals surface area contributed by atoms with E-state index >= 15 is 0 Å². The van der Waals surface area contributed by atoms with E-state index in [4.69, 9.17) is 0 Å². The van der Waals surface area contributed by atoms with Crippen LogP contribution in [0.1, 0.15) is 60.1 Å². The zero-order valence-electron chi connectivity index (χ0n) is 21.0. The van der Waals surface area contributed by atoms with Gasteiger partial charge in [0, 0.05) is 0 Å². The van der Waals surface area contributed by atoms with Crippen LogP contribution in [-0.2, 0) is 12.8 Å². The Hall–Kier alpha value is -3.12. The smallest absolute Gasteiger partial charge is 0.0149 e. The molecule has 3 aromatic rings. The lowest BCUT2D eigenvalue weighted by molar-refractivity contribution is 0.946. The van der Waals surface area contributed by atoms with Crippen LogP contribution in [0.2, 0.25) is 0 Å². The van der Waals surface area contributed by atoms with Gasteiger partial charge in [-0.25, -0.2) is 0 Å². The van der Waals surface area contributed by atoms with E-state index in [1.165, 1.54) is 55.7 Å². The molecule has 0 nitrogen and oxygen atoms in total. The summed E-state index contributed by atoms with van der Waals surface area (Å²) in [5.74, 6) is 0. The Labute approximate surface area is 201 Å². The van der Waals surface area contributed by atoms with Gasteiger partial charge < -0.3 is 0 Å². The van der Waals surface area contributed by atoms with Gasteiger partial charge in [0.15, 0.2) is 0 Å². The van der Waals surface area contributed by atoms with Gasteiger partial charge in [-0.05, 0) is 116 Å². The minimum atomic E-state index is 1.01. The molecule has 0 bridgehead atoms. The summed E-state index contributed by atoms with van der Waals surface area (Å²) in [6.07, 6.45) is 10.7. The summed E-state index contributed by atoms with van der Waals surface area (Å²) in [4.78, 5) is 0. The molecule has 0 saturated heterocycles. The quantitative estimate of drug-likeness (QED) is 0.232. The largest absolute Gasteiger partial charge is 0.103 e. The van der Waals surface area contributed by atoms with E-state index < -0.39 is 0 Å². The third kappa shape index (κ3) is 6.45. The fraction of sp³-hybridized carbons (Fsp3) is 0.273. The second-order valence-electron chi connectivity index (χ2n) is 9.12. The summed E-state index contributed by atoms with van der Waals surface area (Å²) in [5, 5.41) is 0. The molecule has 0 heterocycles. The summed E-state index contributed by atoms with van der Waals surface area (Å²) < 4.78 is 0. The van der Waals surface area contributed by atoms with E-state index in [9.17, 15) is 0 Å². The average molecular weight is 435 g/mol. The topological polar surface area (TPSA) is 0 Å². The van der Waals surface area contributed by atoms with Gasteiger partial charge in [-0.2, -0.15) is 0 Å². The monoisotopic (exact) mass is 434 g/mol. The highest BCUT2D eigenvalue weighted by atomic mass is 14.1. The normalized spacial score (nSPS) is 12.2. The lowest BCUT2D eigenvalue weighted by Crippen LogP contribution is -1.95. The SMILES string of the molecule is C=CCCc1cc(C)c(C)cc1-c1ccc(CCC(=CC)C(C)=Cc2ccccc2C)cc1. The fourth-order valence-corrected chi connectivity index (χ4v) is 4.38. The highest BCUT2D eigenvalue weighted by molar-refractivity contribution is 5.69. The number of allylic oxidation sites excluding steroid dienone is 4. The first-order valence-corrected chi connectivity index (χ1v) is 12.1. The zero-order valence-corrected chi connectivity index (χ0v) is 21.0. The number of hydrogen-bond donors (Lipinski definition) is 0. The zero-order chi connectivity index (χ0) is 23.8. The van der Waals surface area contributed by atoms with Gasteiger partial charge in [-0.3, -0.25) is 0 Å². The van der Waals surface area contributed by atoms with Crippen LogP contribution < -0.4 is 0 Å².